The number of rotatable bonds is 32. The first kappa shape index (κ1) is 63.6. The van der Waals surface area contributed by atoms with Gasteiger partial charge in [0.1, 0.15) is 55.6 Å². The molecule has 0 spiro atoms. The number of nitrogens with two attached hydrogens (primary N) is 1. The van der Waals surface area contributed by atoms with Gasteiger partial charge < -0.3 is 66.4 Å². The molecule has 1 aliphatic heterocycles. The van der Waals surface area contributed by atoms with E-state index in [9.17, 15) is 57.4 Å². The normalized spacial score (nSPS) is 14.1. The van der Waals surface area contributed by atoms with Crippen molar-refractivity contribution in [1.29, 1.82) is 0 Å². The Hall–Kier alpha value is -7.94. The van der Waals surface area contributed by atoms with Crippen LogP contribution in [-0.2, 0) is 68.7 Å². The lowest BCUT2D eigenvalue weighted by Gasteiger charge is -2.41. The van der Waals surface area contributed by atoms with Crippen LogP contribution in [-0.4, -0.2) is 176 Å². The fraction of sp³-hybridized carbons (Fsp3) is 0.472. The summed E-state index contributed by atoms with van der Waals surface area (Å²) in [5, 5.41) is 25.2. The van der Waals surface area contributed by atoms with E-state index < -0.39 is 139 Å². The van der Waals surface area contributed by atoms with Gasteiger partial charge in [-0.25, -0.2) is 8.78 Å². The number of imide groups is 1. The molecule has 79 heavy (non-hydrogen) atoms. The number of ether oxygens (including phenoxy) is 3. The van der Waals surface area contributed by atoms with Crippen LogP contribution < -0.4 is 37.6 Å². The van der Waals surface area contributed by atoms with Crippen LogP contribution >= 0.6 is 0 Å². The summed E-state index contributed by atoms with van der Waals surface area (Å²) in [6.07, 6.45) is 2.38. The Morgan fingerprint density at radius 3 is 2.01 bits per heavy atom. The Kier molecular flexibility index (Phi) is 24.8. The van der Waals surface area contributed by atoms with Crippen LogP contribution in [0.25, 0.3) is 11.1 Å². The third-order valence-electron chi connectivity index (χ3n) is 12.1. The molecule has 0 bridgehead atoms. The van der Waals surface area contributed by atoms with Crippen molar-refractivity contribution in [3.05, 3.63) is 95.8 Å². The number of hydrogen-bond acceptors (Lipinski definition) is 14. The number of hydrogen-bond donors (Lipinski definition) is 8. The van der Waals surface area contributed by atoms with E-state index in [0.717, 1.165) is 35.9 Å². The fourth-order valence-electron chi connectivity index (χ4n) is 8.19. The number of aromatic nitrogens is 1. The number of nitrogens with one attached hydrogen (secondary N) is 6. The molecule has 5 atom stereocenters. The zero-order chi connectivity index (χ0) is 58.4. The summed E-state index contributed by atoms with van der Waals surface area (Å²) in [4.78, 5) is 132. The summed E-state index contributed by atoms with van der Waals surface area (Å²) in [6, 6.07) is 6.79. The summed E-state index contributed by atoms with van der Waals surface area (Å²) in [5.41, 5.74) is 6.00. The largest absolute Gasteiger partial charge is 0.387 e. The monoisotopic (exact) mass is 1110 g/mol. The van der Waals surface area contributed by atoms with Gasteiger partial charge in [0.2, 0.25) is 47.3 Å². The molecule has 9 N–H and O–H groups in total. The molecule has 4 rings (SSSR count). The number of methoxy groups -OCH3 is 1. The van der Waals surface area contributed by atoms with Crippen LogP contribution in [0.1, 0.15) is 64.8 Å². The highest BCUT2D eigenvalue weighted by molar-refractivity contribution is 6.14. The Labute approximate surface area is 455 Å². The summed E-state index contributed by atoms with van der Waals surface area (Å²) in [5.74, 6) is -9.93. The highest BCUT2D eigenvalue weighted by atomic mass is 19.1. The van der Waals surface area contributed by atoms with Crippen molar-refractivity contribution in [2.75, 3.05) is 72.9 Å². The van der Waals surface area contributed by atoms with Crippen molar-refractivity contribution >= 4 is 59.1 Å². The van der Waals surface area contributed by atoms with E-state index in [2.05, 4.69) is 31.9 Å². The minimum absolute atomic E-state index is 0.0717. The Morgan fingerprint density at radius 1 is 0.747 bits per heavy atom. The number of primary amides is 1. The molecule has 2 aromatic carbocycles. The van der Waals surface area contributed by atoms with E-state index in [1.807, 2.05) is 30.3 Å². The average Bonchev–Trinajstić information content (AvgIpc) is 4.07. The predicted molar refractivity (Wildman–Crippen MR) is 279 cm³/mol. The Balaban J connectivity index is 1.60. The van der Waals surface area contributed by atoms with E-state index in [1.54, 1.807) is 37.6 Å². The molecule has 0 unspecified atom stereocenters. The number of carbonyl (C=O) groups is 10. The lowest BCUT2D eigenvalue weighted by Crippen LogP contribution is -2.58. The molecule has 430 valence electrons. The molecule has 0 fully saturated rings. The van der Waals surface area contributed by atoms with E-state index in [0.29, 0.717) is 23.8 Å². The van der Waals surface area contributed by atoms with Gasteiger partial charge in [0.25, 0.3) is 11.8 Å². The summed E-state index contributed by atoms with van der Waals surface area (Å²) in [7, 11) is 1.52. The van der Waals surface area contributed by atoms with Crippen LogP contribution in [0.3, 0.4) is 0 Å². The summed E-state index contributed by atoms with van der Waals surface area (Å²) in [6.45, 7) is 6.19. The van der Waals surface area contributed by atoms with E-state index in [1.165, 1.54) is 25.9 Å². The van der Waals surface area contributed by atoms with E-state index in [-0.39, 0.29) is 50.5 Å². The summed E-state index contributed by atoms with van der Waals surface area (Å²) >= 11 is 0. The second-order valence-corrected chi connectivity index (χ2v) is 19.4. The van der Waals surface area contributed by atoms with Crippen molar-refractivity contribution in [3.8, 4) is 11.1 Å². The molecule has 0 saturated heterocycles. The second-order valence-electron chi connectivity index (χ2n) is 19.4. The first-order valence-corrected chi connectivity index (χ1v) is 25.2. The smallest absolute Gasteiger partial charge is 0.254 e. The first-order valence-electron chi connectivity index (χ1n) is 25.2. The predicted octanol–water partition coefficient (Wildman–Crippen LogP) is -0.529. The molecule has 2 heterocycles. The maximum absolute atomic E-state index is 15.4. The van der Waals surface area contributed by atoms with Crippen molar-refractivity contribution in [3.63, 3.8) is 0 Å². The quantitative estimate of drug-likeness (QED) is 0.0288. The minimum Gasteiger partial charge on any atom is -0.387 e. The lowest BCUT2D eigenvalue weighted by atomic mass is 9.82. The van der Waals surface area contributed by atoms with Gasteiger partial charge in [-0.1, -0.05) is 51.1 Å². The van der Waals surface area contributed by atoms with Crippen molar-refractivity contribution in [2.24, 2.45) is 11.1 Å². The molecule has 3 aromatic rings. The van der Waals surface area contributed by atoms with Crippen molar-refractivity contribution in [1.82, 2.24) is 46.3 Å². The van der Waals surface area contributed by atoms with Crippen molar-refractivity contribution in [2.45, 2.75) is 84.2 Å². The first-order chi connectivity index (χ1) is 37.4. The van der Waals surface area contributed by atoms with Gasteiger partial charge in [0, 0.05) is 68.5 Å². The van der Waals surface area contributed by atoms with Crippen LogP contribution in [0.4, 0.5) is 8.78 Å². The Bertz CT molecular complexity index is 2660. The van der Waals surface area contributed by atoms with Gasteiger partial charge in [-0.2, -0.15) is 0 Å². The second kappa shape index (κ2) is 30.9. The number of carbonyl (C=O) groups excluding carboxylic acids is 10. The van der Waals surface area contributed by atoms with E-state index >= 15 is 4.39 Å². The molecule has 1 aromatic heterocycles. The van der Waals surface area contributed by atoms with Gasteiger partial charge >= 0.3 is 0 Å². The minimum atomic E-state index is -1.77. The fourth-order valence-corrected chi connectivity index (χ4v) is 8.19. The highest BCUT2D eigenvalue weighted by Gasteiger charge is 2.39. The average molecular weight is 1110 g/mol. The molecule has 26 heteroatoms. The van der Waals surface area contributed by atoms with Gasteiger partial charge in [-0.15, -0.1) is 0 Å². The SMILES string of the molecule is COCCOCCOCC(=O)N[C@@H](C)C(=O)N[C@H](C)C(=O)N[C@@H](CC(N)=O)C(=O)N[C@@H](CCN(C(=O)CO)[C@@H](c1cc(-c2cc(F)ccc2F)cn1Cc1ccccc1)C(C)(C)C)C(=O)NCCNC(=O)CN1C(=O)C=CC1=O. The molecule has 1 aliphatic rings. The standard InChI is InChI=1S/C53H70F2N10O14/c1-32(59-44(69)31-79-23-22-78-21-20-77-6)49(73)60-33(2)50(74)62-40(26-42(56)67)52(76)61-39(51(75)58-18-17-57-43(68)29-65-45(70)14-15-46(65)71)16-19-64(47(72)30-66)48(53(3,4)5)41-24-35(37-25-36(54)12-13-38(37)55)28-63(41)27-34-10-8-7-9-11-34/h7-15,24-25,28,32-33,39-40,48,66H,16-23,26-27,29-31H2,1-6H3,(H2,56,67)(H,57,68)(H,58,75)(H,59,69)(H,60,73)(H,61,76)(H,62,74)/t32-,33+,39-,40-,48-/m0/s1. The molecular weight excluding hydrogens is 1040 g/mol. The zero-order valence-corrected chi connectivity index (χ0v) is 44.9. The molecule has 10 amide bonds. The maximum atomic E-state index is 15.4. The van der Waals surface area contributed by atoms with Crippen LogP contribution in [0.15, 0.2) is 72.9 Å². The lowest BCUT2D eigenvalue weighted by molar-refractivity contribution is -0.141. The third-order valence-corrected chi connectivity index (χ3v) is 12.1. The Morgan fingerprint density at radius 2 is 1.37 bits per heavy atom. The number of nitrogens with zero attached hydrogens (tertiary/aromatic N) is 3. The van der Waals surface area contributed by atoms with Crippen molar-refractivity contribution < 1.29 is 76.0 Å². The number of benzene rings is 2. The molecule has 0 aliphatic carbocycles. The van der Waals surface area contributed by atoms with Gasteiger partial charge in [-0.05, 0) is 55.5 Å². The summed E-state index contributed by atoms with van der Waals surface area (Å²) < 4.78 is 47.1. The molecule has 24 nitrogen and oxygen atoms in total. The van der Waals surface area contributed by atoms with Crippen LogP contribution in [0, 0.1) is 17.0 Å². The van der Waals surface area contributed by atoms with Crippen LogP contribution in [0.5, 0.6) is 0 Å². The molecular formula is C53H70F2N10O14. The van der Waals surface area contributed by atoms with E-state index in [4.69, 9.17) is 19.9 Å². The van der Waals surface area contributed by atoms with Gasteiger partial charge in [-0.3, -0.25) is 52.8 Å². The van der Waals surface area contributed by atoms with Crippen LogP contribution in [0.2, 0.25) is 0 Å². The van der Waals surface area contributed by atoms with Gasteiger partial charge in [0.05, 0.1) is 38.9 Å². The zero-order valence-electron chi connectivity index (χ0n) is 44.9. The molecule has 0 saturated carbocycles. The molecule has 0 radical (unpaired) electrons. The number of amides is 10. The highest BCUT2D eigenvalue weighted by Crippen LogP contribution is 2.41. The maximum Gasteiger partial charge on any atom is 0.254 e. The number of aliphatic hydroxyl groups excluding tert-OH is 1. The van der Waals surface area contributed by atoms with Gasteiger partial charge in [0.15, 0.2) is 0 Å². The topological polar surface area (TPSA) is 328 Å². The number of halogens is 2. The third kappa shape index (κ3) is 20.1. The number of aliphatic hydroxyl groups is 1.